The van der Waals surface area contributed by atoms with Crippen molar-refractivity contribution < 1.29 is 26.7 Å². The molecule has 188 valence electrons. The Morgan fingerprint density at radius 3 is 1.92 bits per heavy atom. The highest BCUT2D eigenvalue weighted by Gasteiger charge is 2.31. The second kappa shape index (κ2) is 10.8. The lowest BCUT2D eigenvalue weighted by atomic mass is 10.2. The van der Waals surface area contributed by atoms with Crippen molar-refractivity contribution in [3.05, 3.63) is 93.2 Å². The standard InChI is InChI=1S/C25H18Cl2F5N3O/c26-15-4-1-14(2-5-15)3-8-19(36)33-16-6-7-18(17(27)13-16)34-9-11-35(12-10-34)25-23(31)21(29)20(28)22(30)24(25)32/h1-8,13H,9-12H2,(H,33,36)/b8-3+. The van der Waals surface area contributed by atoms with E-state index in [0.717, 1.165) is 10.5 Å². The Bertz CT molecular complexity index is 1300. The van der Waals surface area contributed by atoms with E-state index in [4.69, 9.17) is 23.2 Å². The first-order valence-corrected chi connectivity index (χ1v) is 11.5. The normalized spacial score (nSPS) is 14.0. The Morgan fingerprint density at radius 2 is 1.33 bits per heavy atom. The molecule has 3 aromatic carbocycles. The summed E-state index contributed by atoms with van der Waals surface area (Å²) in [4.78, 5) is 15.2. The highest BCUT2D eigenvalue weighted by molar-refractivity contribution is 6.33. The van der Waals surface area contributed by atoms with Crippen LogP contribution in [0.5, 0.6) is 0 Å². The molecule has 0 saturated carbocycles. The Morgan fingerprint density at radius 1 is 0.778 bits per heavy atom. The summed E-state index contributed by atoms with van der Waals surface area (Å²) in [6, 6.07) is 11.8. The van der Waals surface area contributed by atoms with Crippen LogP contribution in [0.1, 0.15) is 5.56 Å². The van der Waals surface area contributed by atoms with Gasteiger partial charge in [0, 0.05) is 43.0 Å². The lowest BCUT2D eigenvalue weighted by molar-refractivity contribution is -0.111. The first kappa shape index (κ1) is 25.8. The Kier molecular flexibility index (Phi) is 7.70. The van der Waals surface area contributed by atoms with Crippen LogP contribution in [0.2, 0.25) is 10.0 Å². The highest BCUT2D eigenvalue weighted by atomic mass is 35.5. The van der Waals surface area contributed by atoms with Gasteiger partial charge in [0.25, 0.3) is 0 Å². The first-order chi connectivity index (χ1) is 17.2. The number of carbonyl (C=O) groups excluding carboxylic acids is 1. The van der Waals surface area contributed by atoms with Crippen molar-refractivity contribution in [2.75, 3.05) is 41.3 Å². The molecule has 0 radical (unpaired) electrons. The molecule has 0 bridgehead atoms. The molecule has 1 heterocycles. The zero-order chi connectivity index (χ0) is 26.0. The lowest BCUT2D eigenvalue weighted by Crippen LogP contribution is -2.47. The summed E-state index contributed by atoms with van der Waals surface area (Å²) in [6.07, 6.45) is 3.00. The fourth-order valence-corrected chi connectivity index (χ4v) is 4.24. The third-order valence-electron chi connectivity index (χ3n) is 5.64. The maximum absolute atomic E-state index is 14.1. The number of hydrogen-bond donors (Lipinski definition) is 1. The van der Waals surface area contributed by atoms with Crippen molar-refractivity contribution in [2.45, 2.75) is 0 Å². The number of carbonyl (C=O) groups is 1. The van der Waals surface area contributed by atoms with Gasteiger partial charge in [0.1, 0.15) is 5.69 Å². The summed E-state index contributed by atoms with van der Waals surface area (Å²) in [5.41, 5.74) is 0.910. The number of piperazine rings is 1. The van der Waals surface area contributed by atoms with Gasteiger partial charge in [-0.1, -0.05) is 35.3 Å². The Balaban J connectivity index is 1.40. The van der Waals surface area contributed by atoms with Gasteiger partial charge in [-0.05, 0) is 42.0 Å². The number of halogens is 7. The van der Waals surface area contributed by atoms with Gasteiger partial charge < -0.3 is 15.1 Å². The fourth-order valence-electron chi connectivity index (χ4n) is 3.81. The van der Waals surface area contributed by atoms with Crippen LogP contribution in [-0.4, -0.2) is 32.1 Å². The molecule has 0 aromatic heterocycles. The minimum absolute atomic E-state index is 0.00264. The molecule has 11 heteroatoms. The second-order valence-corrected chi connectivity index (χ2v) is 8.78. The van der Waals surface area contributed by atoms with Gasteiger partial charge in [-0.25, -0.2) is 22.0 Å². The number of anilines is 3. The number of amides is 1. The predicted molar refractivity (Wildman–Crippen MR) is 131 cm³/mol. The maximum atomic E-state index is 14.1. The van der Waals surface area contributed by atoms with E-state index < -0.39 is 34.8 Å². The zero-order valence-electron chi connectivity index (χ0n) is 18.5. The molecule has 0 unspecified atom stereocenters. The average molecular weight is 542 g/mol. The molecule has 1 fully saturated rings. The number of nitrogens with zero attached hydrogens (tertiary/aromatic N) is 2. The minimum Gasteiger partial charge on any atom is -0.367 e. The third kappa shape index (κ3) is 5.42. The predicted octanol–water partition coefficient (Wildman–Crippen LogP) is 6.67. The van der Waals surface area contributed by atoms with Crippen molar-refractivity contribution in [3.8, 4) is 0 Å². The first-order valence-electron chi connectivity index (χ1n) is 10.7. The monoisotopic (exact) mass is 541 g/mol. The topological polar surface area (TPSA) is 35.6 Å². The van der Waals surface area contributed by atoms with E-state index in [1.165, 1.54) is 6.08 Å². The van der Waals surface area contributed by atoms with Crippen LogP contribution in [0.4, 0.5) is 39.0 Å². The van der Waals surface area contributed by atoms with Crippen LogP contribution in [0.15, 0.2) is 48.5 Å². The SMILES string of the molecule is O=C(/C=C/c1ccc(Cl)cc1)Nc1ccc(N2CCN(c3c(F)c(F)c(F)c(F)c3F)CC2)c(Cl)c1. The van der Waals surface area contributed by atoms with Crippen LogP contribution in [-0.2, 0) is 4.79 Å². The van der Waals surface area contributed by atoms with E-state index in [9.17, 15) is 26.7 Å². The summed E-state index contributed by atoms with van der Waals surface area (Å²) in [5.74, 6) is -10.2. The van der Waals surface area contributed by atoms with Crippen molar-refractivity contribution in [1.29, 1.82) is 0 Å². The smallest absolute Gasteiger partial charge is 0.248 e. The van der Waals surface area contributed by atoms with E-state index >= 15 is 0 Å². The fraction of sp³-hybridized carbons (Fsp3) is 0.160. The maximum Gasteiger partial charge on any atom is 0.248 e. The molecule has 0 atom stereocenters. The van der Waals surface area contributed by atoms with Gasteiger partial charge in [-0.15, -0.1) is 0 Å². The molecular weight excluding hydrogens is 524 g/mol. The molecule has 1 amide bonds. The minimum atomic E-state index is -2.19. The Labute approximate surface area is 213 Å². The molecule has 0 spiro atoms. The van der Waals surface area contributed by atoms with E-state index in [2.05, 4.69) is 5.32 Å². The van der Waals surface area contributed by atoms with Gasteiger partial charge in [-0.3, -0.25) is 4.79 Å². The van der Waals surface area contributed by atoms with E-state index in [0.29, 0.717) is 21.4 Å². The summed E-state index contributed by atoms with van der Waals surface area (Å²) in [7, 11) is 0. The molecule has 1 saturated heterocycles. The average Bonchev–Trinajstić information content (AvgIpc) is 2.87. The van der Waals surface area contributed by atoms with E-state index in [-0.39, 0.29) is 32.1 Å². The molecule has 1 aliphatic heterocycles. The van der Waals surface area contributed by atoms with Gasteiger partial charge in [0.2, 0.25) is 11.7 Å². The van der Waals surface area contributed by atoms with Crippen LogP contribution < -0.4 is 15.1 Å². The molecule has 0 aliphatic carbocycles. The van der Waals surface area contributed by atoms with Crippen LogP contribution in [0.3, 0.4) is 0 Å². The lowest BCUT2D eigenvalue weighted by Gasteiger charge is -2.38. The number of benzene rings is 3. The van der Waals surface area contributed by atoms with Crippen LogP contribution in [0.25, 0.3) is 6.08 Å². The molecule has 1 aliphatic rings. The van der Waals surface area contributed by atoms with Gasteiger partial charge in [0.15, 0.2) is 23.3 Å². The quantitative estimate of drug-likeness (QED) is 0.169. The Hall–Kier alpha value is -3.30. The van der Waals surface area contributed by atoms with Gasteiger partial charge in [-0.2, -0.15) is 0 Å². The van der Waals surface area contributed by atoms with Crippen molar-refractivity contribution in [2.24, 2.45) is 0 Å². The highest BCUT2D eigenvalue weighted by Crippen LogP contribution is 2.33. The van der Waals surface area contributed by atoms with Gasteiger partial charge in [0.05, 0.1) is 10.7 Å². The number of hydrogen-bond acceptors (Lipinski definition) is 3. The van der Waals surface area contributed by atoms with Gasteiger partial charge >= 0.3 is 0 Å². The number of nitrogens with one attached hydrogen (secondary N) is 1. The molecule has 1 N–H and O–H groups in total. The molecular formula is C25H18Cl2F5N3O. The van der Waals surface area contributed by atoms with Crippen LogP contribution >= 0.6 is 23.2 Å². The largest absolute Gasteiger partial charge is 0.367 e. The zero-order valence-corrected chi connectivity index (χ0v) is 20.0. The molecule has 4 rings (SSSR count). The third-order valence-corrected chi connectivity index (χ3v) is 6.19. The number of rotatable bonds is 5. The van der Waals surface area contributed by atoms with Crippen molar-refractivity contribution in [1.82, 2.24) is 0 Å². The van der Waals surface area contributed by atoms with Crippen molar-refractivity contribution in [3.63, 3.8) is 0 Å². The van der Waals surface area contributed by atoms with E-state index in [1.54, 1.807) is 48.5 Å². The molecule has 3 aromatic rings. The second-order valence-electron chi connectivity index (χ2n) is 7.93. The molecule has 36 heavy (non-hydrogen) atoms. The van der Waals surface area contributed by atoms with Crippen molar-refractivity contribution >= 4 is 52.2 Å². The summed E-state index contributed by atoms with van der Waals surface area (Å²) in [6.45, 7) is 0.439. The summed E-state index contributed by atoms with van der Waals surface area (Å²) in [5, 5.41) is 3.61. The summed E-state index contributed by atoms with van der Waals surface area (Å²) >= 11 is 12.2. The van der Waals surface area contributed by atoms with E-state index in [1.807, 2.05) is 4.90 Å². The summed E-state index contributed by atoms with van der Waals surface area (Å²) < 4.78 is 68.8. The van der Waals surface area contributed by atoms with Crippen LogP contribution in [0, 0.1) is 29.1 Å². The molecule has 4 nitrogen and oxygen atoms in total.